The molecule has 1 amide bonds. The van der Waals surface area contributed by atoms with E-state index in [2.05, 4.69) is 0 Å². The third-order valence-electron chi connectivity index (χ3n) is 4.69. The van der Waals surface area contributed by atoms with Crippen LogP contribution in [0.15, 0.2) is 47.4 Å². The van der Waals surface area contributed by atoms with E-state index in [0.29, 0.717) is 18.0 Å². The van der Waals surface area contributed by atoms with Gasteiger partial charge >= 0.3 is 5.97 Å². The quantitative estimate of drug-likeness (QED) is 0.331. The number of hydrogen-bond donors (Lipinski definition) is 0. The smallest absolute Gasteiger partial charge is 0.345 e. The SMILES string of the molecule is CSc1ccc([N+](=O)[O-])c(C(=O)O[C@@H](C)C(=O)N2CCc3ccccc3C2)c1. The van der Waals surface area contributed by atoms with Crippen molar-refractivity contribution in [3.63, 3.8) is 0 Å². The van der Waals surface area contributed by atoms with Gasteiger partial charge in [-0.15, -0.1) is 11.8 Å². The van der Waals surface area contributed by atoms with Gasteiger partial charge in [0.1, 0.15) is 5.56 Å². The maximum atomic E-state index is 12.7. The predicted molar refractivity (Wildman–Crippen MR) is 105 cm³/mol. The van der Waals surface area contributed by atoms with Crippen molar-refractivity contribution >= 4 is 29.3 Å². The summed E-state index contributed by atoms with van der Waals surface area (Å²) in [5, 5.41) is 11.2. The van der Waals surface area contributed by atoms with Gasteiger partial charge in [-0.2, -0.15) is 0 Å². The lowest BCUT2D eigenvalue weighted by molar-refractivity contribution is -0.385. The first-order valence-corrected chi connectivity index (χ1v) is 10.0. The minimum absolute atomic E-state index is 0.152. The lowest BCUT2D eigenvalue weighted by Crippen LogP contribution is -2.42. The lowest BCUT2D eigenvalue weighted by Gasteiger charge is -2.30. The highest BCUT2D eigenvalue weighted by atomic mass is 32.2. The van der Waals surface area contributed by atoms with E-state index in [9.17, 15) is 19.7 Å². The fraction of sp³-hybridized carbons (Fsp3) is 0.300. The number of benzene rings is 2. The van der Waals surface area contributed by atoms with Gasteiger partial charge in [-0.25, -0.2) is 4.79 Å². The van der Waals surface area contributed by atoms with Crippen molar-refractivity contribution in [1.82, 2.24) is 4.90 Å². The first kappa shape index (κ1) is 19.9. The van der Waals surface area contributed by atoms with Crippen LogP contribution in [-0.4, -0.2) is 40.6 Å². The van der Waals surface area contributed by atoms with Gasteiger partial charge in [0.15, 0.2) is 6.10 Å². The number of thioether (sulfide) groups is 1. The van der Waals surface area contributed by atoms with Crippen LogP contribution < -0.4 is 0 Å². The van der Waals surface area contributed by atoms with Crippen molar-refractivity contribution in [2.75, 3.05) is 12.8 Å². The molecule has 0 saturated heterocycles. The minimum Gasteiger partial charge on any atom is -0.449 e. The Morgan fingerprint density at radius 1 is 1.21 bits per heavy atom. The summed E-state index contributed by atoms with van der Waals surface area (Å²) in [5.74, 6) is -1.19. The third-order valence-corrected chi connectivity index (χ3v) is 5.42. The fourth-order valence-electron chi connectivity index (χ4n) is 3.18. The molecule has 7 nitrogen and oxygen atoms in total. The lowest BCUT2D eigenvalue weighted by atomic mass is 9.99. The van der Waals surface area contributed by atoms with Gasteiger partial charge in [-0.3, -0.25) is 14.9 Å². The van der Waals surface area contributed by atoms with Crippen LogP contribution >= 0.6 is 11.8 Å². The highest BCUT2D eigenvalue weighted by molar-refractivity contribution is 7.98. The number of hydrogen-bond acceptors (Lipinski definition) is 6. The summed E-state index contributed by atoms with van der Waals surface area (Å²) in [6, 6.07) is 12.2. The largest absolute Gasteiger partial charge is 0.449 e. The van der Waals surface area contributed by atoms with Crippen LogP contribution in [0.5, 0.6) is 0 Å². The third kappa shape index (κ3) is 4.17. The predicted octanol–water partition coefficient (Wildman–Crippen LogP) is 3.45. The number of carbonyl (C=O) groups is 2. The molecule has 1 atom stereocenters. The van der Waals surface area contributed by atoms with Gasteiger partial charge < -0.3 is 9.64 Å². The Hall–Kier alpha value is -2.87. The van der Waals surface area contributed by atoms with E-state index in [0.717, 1.165) is 12.0 Å². The zero-order valence-electron chi connectivity index (χ0n) is 15.6. The number of nitro benzene ring substituents is 1. The van der Waals surface area contributed by atoms with Crippen LogP contribution in [-0.2, 0) is 22.5 Å². The van der Waals surface area contributed by atoms with Crippen LogP contribution in [0.2, 0.25) is 0 Å². The summed E-state index contributed by atoms with van der Waals surface area (Å²) in [6.45, 7) is 2.49. The van der Waals surface area contributed by atoms with E-state index in [1.165, 1.54) is 36.4 Å². The monoisotopic (exact) mass is 400 g/mol. The molecule has 0 spiro atoms. The Balaban J connectivity index is 1.72. The van der Waals surface area contributed by atoms with Gasteiger partial charge in [-0.05, 0) is 42.9 Å². The molecule has 8 heteroatoms. The summed E-state index contributed by atoms with van der Waals surface area (Å²) >= 11 is 1.36. The Bertz CT molecular complexity index is 931. The number of ether oxygens (including phenoxy) is 1. The molecule has 0 bridgehead atoms. The molecule has 0 saturated carbocycles. The average molecular weight is 400 g/mol. The molecule has 0 fully saturated rings. The van der Waals surface area contributed by atoms with Crippen molar-refractivity contribution in [1.29, 1.82) is 0 Å². The van der Waals surface area contributed by atoms with Gasteiger partial charge in [0.25, 0.3) is 11.6 Å². The number of amides is 1. The molecule has 0 aromatic heterocycles. The van der Waals surface area contributed by atoms with Crippen LogP contribution in [0, 0.1) is 10.1 Å². The van der Waals surface area contributed by atoms with Crippen LogP contribution in [0.3, 0.4) is 0 Å². The van der Waals surface area contributed by atoms with Crippen LogP contribution in [0.25, 0.3) is 0 Å². The van der Waals surface area contributed by atoms with Gasteiger partial charge in [0, 0.05) is 24.1 Å². The van der Waals surface area contributed by atoms with E-state index in [4.69, 9.17) is 4.74 Å². The molecule has 1 aliphatic heterocycles. The average Bonchev–Trinajstić information content (AvgIpc) is 2.72. The zero-order chi connectivity index (χ0) is 20.3. The second kappa shape index (κ2) is 8.43. The van der Waals surface area contributed by atoms with Crippen molar-refractivity contribution in [2.45, 2.75) is 30.9 Å². The highest BCUT2D eigenvalue weighted by Gasteiger charge is 2.29. The highest BCUT2D eigenvalue weighted by Crippen LogP contribution is 2.26. The normalized spacial score (nSPS) is 14.1. The first-order chi connectivity index (χ1) is 13.4. The number of nitro groups is 1. The molecule has 1 heterocycles. The van der Waals surface area contributed by atoms with Crippen LogP contribution in [0.1, 0.15) is 28.4 Å². The molecule has 0 aliphatic carbocycles. The Morgan fingerprint density at radius 3 is 2.61 bits per heavy atom. The molecular weight excluding hydrogens is 380 g/mol. The standard InChI is InChI=1S/C20H20N2O5S/c1-13(19(23)21-10-9-14-5-3-4-6-15(14)12-21)27-20(24)17-11-16(28-2)7-8-18(17)22(25)26/h3-8,11,13H,9-10,12H2,1-2H3/t13-/m0/s1. The molecule has 1 aliphatic rings. The Labute approximate surface area is 166 Å². The van der Waals surface area contributed by atoms with Gasteiger partial charge in [-0.1, -0.05) is 24.3 Å². The number of esters is 1. The maximum absolute atomic E-state index is 12.7. The van der Waals surface area contributed by atoms with Crippen molar-refractivity contribution < 1.29 is 19.2 Å². The second-order valence-electron chi connectivity index (χ2n) is 6.47. The Morgan fingerprint density at radius 2 is 1.93 bits per heavy atom. The molecule has 0 radical (unpaired) electrons. The Kier molecular flexibility index (Phi) is 5.99. The van der Waals surface area contributed by atoms with E-state index in [-0.39, 0.29) is 17.2 Å². The molecule has 0 N–H and O–H groups in total. The number of nitrogens with zero attached hydrogens (tertiary/aromatic N) is 2. The van der Waals surface area contributed by atoms with E-state index < -0.39 is 17.0 Å². The zero-order valence-corrected chi connectivity index (χ0v) is 16.4. The molecule has 146 valence electrons. The summed E-state index contributed by atoms with van der Waals surface area (Å²) in [6.07, 6.45) is 1.51. The molecule has 3 rings (SSSR count). The van der Waals surface area contributed by atoms with Crippen LogP contribution in [0.4, 0.5) is 5.69 Å². The topological polar surface area (TPSA) is 89.7 Å². The molecule has 28 heavy (non-hydrogen) atoms. The summed E-state index contributed by atoms with van der Waals surface area (Å²) in [7, 11) is 0. The molecule has 0 unspecified atom stereocenters. The van der Waals surface area contributed by atoms with Crippen molar-refractivity contribution in [3.8, 4) is 0 Å². The first-order valence-electron chi connectivity index (χ1n) is 8.79. The maximum Gasteiger partial charge on any atom is 0.345 e. The fourth-order valence-corrected chi connectivity index (χ4v) is 3.62. The number of carbonyl (C=O) groups excluding carboxylic acids is 2. The molecular formula is C20H20N2O5S. The number of fused-ring (bicyclic) bond motifs is 1. The molecule has 2 aromatic rings. The second-order valence-corrected chi connectivity index (χ2v) is 7.35. The summed E-state index contributed by atoms with van der Waals surface area (Å²) in [4.78, 5) is 38.2. The van der Waals surface area contributed by atoms with Gasteiger partial charge in [0.05, 0.1) is 4.92 Å². The van der Waals surface area contributed by atoms with Crippen molar-refractivity contribution in [2.24, 2.45) is 0 Å². The summed E-state index contributed by atoms with van der Waals surface area (Å²) < 4.78 is 5.29. The molecule has 2 aromatic carbocycles. The number of rotatable bonds is 5. The van der Waals surface area contributed by atoms with E-state index in [1.807, 2.05) is 24.3 Å². The van der Waals surface area contributed by atoms with Crippen molar-refractivity contribution in [3.05, 3.63) is 69.3 Å². The minimum atomic E-state index is -1.03. The van der Waals surface area contributed by atoms with Gasteiger partial charge in [0.2, 0.25) is 0 Å². The van der Waals surface area contributed by atoms with E-state index in [1.54, 1.807) is 17.2 Å². The summed E-state index contributed by atoms with van der Waals surface area (Å²) in [5.41, 5.74) is 1.79. The van der Waals surface area contributed by atoms with E-state index >= 15 is 0 Å².